The SMILES string of the molecule is C[Te+](CC1CCCCC1)CC1CCCCC1.c1ccc([B-](c2ccccc2)(c2ccccc2)c2ccccc2)cc1. The minimum atomic E-state index is -1.22. The van der Waals surface area contributed by atoms with Gasteiger partial charge in [0.05, 0.1) is 0 Å². The van der Waals surface area contributed by atoms with E-state index in [4.69, 9.17) is 0 Å². The quantitative estimate of drug-likeness (QED) is 0.168. The van der Waals surface area contributed by atoms with Crippen LogP contribution in [0.25, 0.3) is 0 Å². The Hall–Kier alpha value is -2.27. The Kier molecular flexibility index (Phi) is 11.7. The molecule has 6 rings (SSSR count). The van der Waals surface area contributed by atoms with Gasteiger partial charge >= 0.3 is 110 Å². The van der Waals surface area contributed by atoms with Crippen molar-refractivity contribution in [3.8, 4) is 0 Å². The van der Waals surface area contributed by atoms with Crippen molar-refractivity contribution in [1.29, 1.82) is 0 Å². The van der Waals surface area contributed by atoms with E-state index in [0.717, 1.165) is 0 Å². The monoisotopic (exact) mass is 658 g/mol. The second-order valence-corrected chi connectivity index (χ2v) is 19.0. The minimum absolute atomic E-state index is 0.652. The largest absolute Gasteiger partial charge is 0.195 e. The van der Waals surface area contributed by atoms with E-state index in [0.29, 0.717) is 0 Å². The molecule has 2 heteroatoms. The first-order valence-electron chi connectivity index (χ1n) is 16.2. The molecule has 4 aromatic carbocycles. The molecule has 0 amide bonds. The Bertz CT molecular complexity index is 1060. The molecule has 214 valence electrons. The van der Waals surface area contributed by atoms with Crippen molar-refractivity contribution in [2.75, 3.05) is 0 Å². The molecule has 0 bridgehead atoms. The summed E-state index contributed by atoms with van der Waals surface area (Å²) in [7, 11) is 0. The van der Waals surface area contributed by atoms with E-state index in [1.54, 1.807) is 60.3 Å². The fraction of sp³-hybridized carbons (Fsp3) is 0.385. The number of hydrogen-bond donors (Lipinski definition) is 0. The van der Waals surface area contributed by atoms with Gasteiger partial charge in [0.1, 0.15) is 6.15 Å². The average Bonchev–Trinajstić information content (AvgIpc) is 3.05. The summed E-state index contributed by atoms with van der Waals surface area (Å²) >= 11 is -0.652. The molecule has 0 nitrogen and oxygen atoms in total. The third kappa shape index (κ3) is 7.97. The number of rotatable bonds is 8. The third-order valence-electron chi connectivity index (χ3n) is 9.69. The van der Waals surface area contributed by atoms with Crippen molar-refractivity contribution in [2.24, 2.45) is 11.8 Å². The van der Waals surface area contributed by atoms with Gasteiger partial charge in [0.25, 0.3) is 0 Å². The van der Waals surface area contributed by atoms with Gasteiger partial charge in [-0.05, 0) is 0 Å². The molecular formula is C39H49BTe. The first kappa shape index (κ1) is 30.2. The van der Waals surface area contributed by atoms with E-state index < -0.39 is 25.7 Å². The van der Waals surface area contributed by atoms with Gasteiger partial charge in [-0.2, -0.15) is 21.9 Å². The predicted octanol–water partition coefficient (Wildman–Crippen LogP) is 8.34. The van der Waals surface area contributed by atoms with Crippen molar-refractivity contribution in [3.63, 3.8) is 0 Å². The van der Waals surface area contributed by atoms with Crippen LogP contribution in [0, 0.1) is 11.8 Å². The van der Waals surface area contributed by atoms with Crippen molar-refractivity contribution in [2.45, 2.75) is 78.1 Å². The molecule has 0 heterocycles. The minimum Gasteiger partial charge on any atom is -0.195 e. The van der Waals surface area contributed by atoms with Gasteiger partial charge in [-0.1, -0.05) is 121 Å². The molecule has 2 saturated carbocycles. The van der Waals surface area contributed by atoms with Gasteiger partial charge < -0.3 is 0 Å². The van der Waals surface area contributed by atoms with Gasteiger partial charge in [-0.3, -0.25) is 0 Å². The standard InChI is InChI=1S/C24H20B.C15H29Te/c1-5-13-21(14-6-1)25(22-15-7-2-8-16-22,23-17-9-3-10-18-23)24-19-11-4-12-20-24;1-16(12-14-8-4-2-5-9-14)13-15-10-6-3-7-11-15/h1-20H;14-15H,2-13H2,1H3/q-1;+1. The summed E-state index contributed by atoms with van der Waals surface area (Å²) in [5, 5.41) is 0. The summed E-state index contributed by atoms with van der Waals surface area (Å²) in [5.74, 6) is 2.33. The van der Waals surface area contributed by atoms with Gasteiger partial charge in [0.15, 0.2) is 0 Å². The van der Waals surface area contributed by atoms with Gasteiger partial charge in [0.2, 0.25) is 0 Å². The van der Waals surface area contributed by atoms with Crippen LogP contribution in [0.15, 0.2) is 121 Å². The van der Waals surface area contributed by atoms with E-state index >= 15 is 0 Å². The molecule has 0 aromatic heterocycles. The molecule has 41 heavy (non-hydrogen) atoms. The topological polar surface area (TPSA) is 0 Å². The molecule has 0 aliphatic heterocycles. The Morgan fingerprint density at radius 2 is 0.707 bits per heavy atom. The fourth-order valence-electron chi connectivity index (χ4n) is 7.70. The van der Waals surface area contributed by atoms with Crippen LogP contribution in [-0.2, 0) is 0 Å². The van der Waals surface area contributed by atoms with E-state index in [1.807, 2.05) is 0 Å². The van der Waals surface area contributed by atoms with Gasteiger partial charge in [-0.15, -0.1) is 0 Å². The zero-order valence-electron chi connectivity index (χ0n) is 25.2. The molecular weight excluding hydrogens is 607 g/mol. The molecule has 0 radical (unpaired) electrons. The van der Waals surface area contributed by atoms with Crippen LogP contribution in [0.1, 0.15) is 64.2 Å². The molecule has 0 spiro atoms. The fourth-order valence-corrected chi connectivity index (χ4v) is 14.6. The van der Waals surface area contributed by atoms with Gasteiger partial charge in [0, 0.05) is 0 Å². The van der Waals surface area contributed by atoms with E-state index in [1.165, 1.54) is 46.5 Å². The first-order chi connectivity index (χ1) is 20.3. The van der Waals surface area contributed by atoms with Gasteiger partial charge in [-0.25, -0.2) is 0 Å². The van der Waals surface area contributed by atoms with Crippen LogP contribution < -0.4 is 21.9 Å². The predicted molar refractivity (Wildman–Crippen MR) is 184 cm³/mol. The van der Waals surface area contributed by atoms with Crippen molar-refractivity contribution in [3.05, 3.63) is 121 Å². The summed E-state index contributed by atoms with van der Waals surface area (Å²) in [4.78, 5) is 2.69. The molecule has 2 fully saturated rings. The third-order valence-corrected chi connectivity index (χ3v) is 15.6. The maximum atomic E-state index is 2.69. The van der Waals surface area contributed by atoms with Crippen LogP contribution in [0.4, 0.5) is 0 Å². The number of hydrogen-bond acceptors (Lipinski definition) is 0. The zero-order valence-corrected chi connectivity index (χ0v) is 27.5. The molecule has 0 N–H and O–H groups in total. The Balaban J connectivity index is 0.000000182. The van der Waals surface area contributed by atoms with E-state index in [2.05, 4.69) is 126 Å². The summed E-state index contributed by atoms with van der Waals surface area (Å²) < 4.78 is 3.42. The smallest absolute Gasteiger partial charge is 0.108 e. The maximum Gasteiger partial charge on any atom is 0.108 e. The first-order valence-corrected chi connectivity index (χ1v) is 21.9. The van der Waals surface area contributed by atoms with Crippen LogP contribution in [0.5, 0.6) is 0 Å². The molecule has 0 atom stereocenters. The van der Waals surface area contributed by atoms with Crippen molar-refractivity contribution in [1.82, 2.24) is 0 Å². The summed E-state index contributed by atoms with van der Waals surface area (Å²) in [6.07, 6.45) is 14.3. The average molecular weight is 656 g/mol. The molecule has 2 aliphatic carbocycles. The summed E-state index contributed by atoms with van der Waals surface area (Å²) in [6, 6.07) is 43.5. The second-order valence-electron chi connectivity index (χ2n) is 12.6. The second kappa shape index (κ2) is 15.8. The van der Waals surface area contributed by atoms with E-state index in [9.17, 15) is 0 Å². The molecule has 2 aliphatic rings. The zero-order chi connectivity index (χ0) is 28.2. The van der Waals surface area contributed by atoms with Crippen LogP contribution >= 0.6 is 0 Å². The molecule has 0 unspecified atom stereocenters. The molecule has 4 aromatic rings. The van der Waals surface area contributed by atoms with Crippen LogP contribution in [0.2, 0.25) is 13.9 Å². The molecule has 0 saturated heterocycles. The number of benzene rings is 4. The Labute approximate surface area is 257 Å². The maximum absolute atomic E-state index is 2.69. The van der Waals surface area contributed by atoms with Crippen molar-refractivity contribution < 1.29 is 0 Å². The summed E-state index contributed by atoms with van der Waals surface area (Å²) in [6.45, 7) is 0. The Morgan fingerprint density at radius 1 is 0.439 bits per heavy atom. The normalized spacial score (nSPS) is 16.6. The van der Waals surface area contributed by atoms with Crippen molar-refractivity contribution >= 4 is 47.5 Å². The Morgan fingerprint density at radius 3 is 0.976 bits per heavy atom. The van der Waals surface area contributed by atoms with E-state index in [-0.39, 0.29) is 0 Å². The summed E-state index contributed by atoms with van der Waals surface area (Å²) in [5.41, 5.74) is 5.36. The van der Waals surface area contributed by atoms with Crippen LogP contribution in [0.3, 0.4) is 0 Å². The van der Waals surface area contributed by atoms with Crippen LogP contribution in [-0.4, -0.2) is 25.7 Å².